The standard InChI is InChI=1S/C11H18O11/c12-1-2(13)3(14)4(15)6(17)9-7(18)5(16)8(19)10(22-9)11(20)21/h2-5,7-10,12-16,18-19H,1H2,(H,20,21)/t2-,3+,4-,5-,7-,8+,9?,10+/m1/s1. The van der Waals surface area contributed by atoms with Crippen LogP contribution in [0.2, 0.25) is 0 Å². The van der Waals surface area contributed by atoms with Crippen LogP contribution in [-0.4, -0.2) is 108 Å². The van der Waals surface area contributed by atoms with Gasteiger partial charge in [-0.05, 0) is 0 Å². The van der Waals surface area contributed by atoms with Gasteiger partial charge in [-0.25, -0.2) is 4.79 Å². The lowest BCUT2D eigenvalue weighted by atomic mass is 9.89. The molecule has 1 aliphatic rings. The number of aliphatic carboxylic acids is 1. The number of carboxylic acids is 1. The molecule has 1 aliphatic heterocycles. The van der Waals surface area contributed by atoms with Gasteiger partial charge in [0.05, 0.1) is 6.61 Å². The number of carbonyl (C=O) groups is 2. The minimum atomic E-state index is -2.32. The second-order valence-corrected chi connectivity index (χ2v) is 4.88. The molecule has 0 spiro atoms. The second-order valence-electron chi connectivity index (χ2n) is 4.88. The molecular weight excluding hydrogens is 308 g/mol. The van der Waals surface area contributed by atoms with Crippen molar-refractivity contribution in [3.63, 3.8) is 0 Å². The number of aliphatic hydroxyl groups excluding tert-OH is 7. The van der Waals surface area contributed by atoms with Gasteiger partial charge in [0, 0.05) is 0 Å². The predicted octanol–water partition coefficient (Wildman–Crippen LogP) is -5.43. The third kappa shape index (κ3) is 3.59. The Balaban J connectivity index is 2.93. The Kier molecular flexibility index (Phi) is 6.34. The Morgan fingerprint density at radius 1 is 0.955 bits per heavy atom. The monoisotopic (exact) mass is 326 g/mol. The molecule has 0 bridgehead atoms. The highest BCUT2D eigenvalue weighted by molar-refractivity contribution is 5.89. The van der Waals surface area contributed by atoms with Gasteiger partial charge in [-0.3, -0.25) is 4.79 Å². The van der Waals surface area contributed by atoms with Crippen molar-refractivity contribution in [2.24, 2.45) is 0 Å². The molecule has 1 saturated heterocycles. The van der Waals surface area contributed by atoms with Crippen LogP contribution in [0.3, 0.4) is 0 Å². The Bertz CT molecular complexity index is 413. The molecule has 0 saturated carbocycles. The van der Waals surface area contributed by atoms with E-state index >= 15 is 0 Å². The first-order valence-electron chi connectivity index (χ1n) is 6.24. The van der Waals surface area contributed by atoms with E-state index in [2.05, 4.69) is 4.74 Å². The summed E-state index contributed by atoms with van der Waals surface area (Å²) < 4.78 is 4.66. The number of hydrogen-bond acceptors (Lipinski definition) is 10. The zero-order valence-corrected chi connectivity index (χ0v) is 11.1. The smallest absolute Gasteiger partial charge is 0.335 e. The lowest BCUT2D eigenvalue weighted by Gasteiger charge is -2.39. The van der Waals surface area contributed by atoms with E-state index in [-0.39, 0.29) is 0 Å². The summed E-state index contributed by atoms with van der Waals surface area (Å²) in [6, 6.07) is 0. The van der Waals surface area contributed by atoms with Gasteiger partial charge in [0.1, 0.15) is 42.7 Å². The van der Waals surface area contributed by atoms with Crippen LogP contribution >= 0.6 is 0 Å². The largest absolute Gasteiger partial charge is 0.479 e. The molecule has 11 heteroatoms. The molecule has 0 amide bonds. The highest BCUT2D eigenvalue weighted by atomic mass is 16.6. The van der Waals surface area contributed by atoms with E-state index < -0.39 is 67.2 Å². The number of aliphatic hydroxyl groups is 7. The number of Topliss-reactive ketones (excluding diaryl/α,β-unsaturated/α-hetero) is 1. The summed E-state index contributed by atoms with van der Waals surface area (Å²) in [6.45, 7) is -0.974. The van der Waals surface area contributed by atoms with E-state index in [1.165, 1.54) is 0 Å². The molecule has 1 fully saturated rings. The zero-order chi connectivity index (χ0) is 17.2. The Morgan fingerprint density at radius 2 is 1.45 bits per heavy atom. The molecule has 0 aromatic rings. The predicted molar refractivity (Wildman–Crippen MR) is 64.4 cm³/mol. The summed E-state index contributed by atoms with van der Waals surface area (Å²) in [5.74, 6) is -3.15. The van der Waals surface area contributed by atoms with E-state index in [1.54, 1.807) is 0 Å². The number of rotatable bonds is 6. The summed E-state index contributed by atoms with van der Waals surface area (Å²) in [5.41, 5.74) is 0. The average Bonchev–Trinajstić information content (AvgIpc) is 2.49. The van der Waals surface area contributed by atoms with Gasteiger partial charge in [-0.15, -0.1) is 0 Å². The fraction of sp³-hybridized carbons (Fsp3) is 0.818. The Morgan fingerprint density at radius 3 is 1.91 bits per heavy atom. The highest BCUT2D eigenvalue weighted by Crippen LogP contribution is 2.23. The number of carbonyl (C=O) groups excluding carboxylic acids is 1. The summed E-state index contributed by atoms with van der Waals surface area (Å²) in [4.78, 5) is 22.8. The minimum Gasteiger partial charge on any atom is -0.479 e. The molecule has 0 radical (unpaired) electrons. The van der Waals surface area contributed by atoms with E-state index in [0.717, 1.165) is 0 Å². The van der Waals surface area contributed by atoms with Crippen molar-refractivity contribution in [2.75, 3.05) is 6.61 Å². The van der Waals surface area contributed by atoms with Crippen LogP contribution in [0.5, 0.6) is 0 Å². The number of carboxylic acid groups (broad SMARTS) is 1. The number of hydrogen-bond donors (Lipinski definition) is 8. The number of ketones is 1. The normalized spacial score (nSPS) is 36.4. The third-order valence-electron chi connectivity index (χ3n) is 3.33. The molecule has 0 aromatic carbocycles. The van der Waals surface area contributed by atoms with Crippen LogP contribution in [0, 0.1) is 0 Å². The molecule has 0 aromatic heterocycles. The molecule has 128 valence electrons. The van der Waals surface area contributed by atoms with Gasteiger partial charge in [0.2, 0.25) is 0 Å². The van der Waals surface area contributed by atoms with Crippen molar-refractivity contribution in [2.45, 2.75) is 48.8 Å². The zero-order valence-electron chi connectivity index (χ0n) is 11.1. The van der Waals surface area contributed by atoms with Gasteiger partial charge < -0.3 is 45.6 Å². The molecule has 8 atom stereocenters. The summed E-state index contributed by atoms with van der Waals surface area (Å²) >= 11 is 0. The van der Waals surface area contributed by atoms with Gasteiger partial charge in [-0.2, -0.15) is 0 Å². The van der Waals surface area contributed by atoms with Crippen LogP contribution in [0.4, 0.5) is 0 Å². The third-order valence-corrected chi connectivity index (χ3v) is 3.33. The van der Waals surface area contributed by atoms with Gasteiger partial charge in [0.15, 0.2) is 11.9 Å². The van der Waals surface area contributed by atoms with Crippen LogP contribution < -0.4 is 0 Å². The average molecular weight is 326 g/mol. The van der Waals surface area contributed by atoms with E-state index in [9.17, 15) is 35.1 Å². The lowest BCUT2D eigenvalue weighted by Crippen LogP contribution is -2.64. The van der Waals surface area contributed by atoms with Crippen molar-refractivity contribution < 1.29 is 55.2 Å². The minimum absolute atomic E-state index is 0.974. The van der Waals surface area contributed by atoms with E-state index in [0.29, 0.717) is 0 Å². The first kappa shape index (κ1) is 18.9. The fourth-order valence-corrected chi connectivity index (χ4v) is 1.97. The first-order chi connectivity index (χ1) is 10.1. The van der Waals surface area contributed by atoms with Crippen molar-refractivity contribution in [3.05, 3.63) is 0 Å². The van der Waals surface area contributed by atoms with Crippen LogP contribution in [0.25, 0.3) is 0 Å². The summed E-state index contributed by atoms with van der Waals surface area (Å²) in [5, 5.41) is 74.2. The molecule has 1 unspecified atom stereocenters. The van der Waals surface area contributed by atoms with Crippen molar-refractivity contribution >= 4 is 11.8 Å². The fourth-order valence-electron chi connectivity index (χ4n) is 1.97. The van der Waals surface area contributed by atoms with Gasteiger partial charge in [0.25, 0.3) is 0 Å². The quantitative estimate of drug-likeness (QED) is 0.231. The maximum absolute atomic E-state index is 11.9. The molecule has 11 nitrogen and oxygen atoms in total. The van der Waals surface area contributed by atoms with E-state index in [4.69, 9.17) is 15.3 Å². The molecule has 1 rings (SSSR count). The van der Waals surface area contributed by atoms with Crippen LogP contribution in [-0.2, 0) is 14.3 Å². The summed E-state index contributed by atoms with van der Waals surface area (Å²) in [6.07, 6.45) is -16.5. The summed E-state index contributed by atoms with van der Waals surface area (Å²) in [7, 11) is 0. The van der Waals surface area contributed by atoms with Crippen LogP contribution in [0.15, 0.2) is 0 Å². The number of ether oxygens (including phenoxy) is 1. The second kappa shape index (κ2) is 7.39. The Hall–Kier alpha value is -1.18. The van der Waals surface area contributed by atoms with Gasteiger partial charge in [-0.1, -0.05) is 0 Å². The van der Waals surface area contributed by atoms with Crippen LogP contribution in [0.1, 0.15) is 0 Å². The highest BCUT2D eigenvalue weighted by Gasteiger charge is 2.51. The maximum Gasteiger partial charge on any atom is 0.335 e. The Labute approximate surface area is 123 Å². The molecule has 22 heavy (non-hydrogen) atoms. The molecule has 1 heterocycles. The first-order valence-corrected chi connectivity index (χ1v) is 6.24. The molecule has 0 aliphatic carbocycles. The lowest BCUT2D eigenvalue weighted by molar-refractivity contribution is -0.229. The molecule has 8 N–H and O–H groups in total. The maximum atomic E-state index is 11.9. The van der Waals surface area contributed by atoms with Crippen molar-refractivity contribution in [1.82, 2.24) is 0 Å². The topological polar surface area (TPSA) is 205 Å². The molecular formula is C11H18O11. The van der Waals surface area contributed by atoms with Crippen molar-refractivity contribution in [1.29, 1.82) is 0 Å². The SMILES string of the molecule is O=C(O)[C@H]1OC(C(=O)[C@H](O)[C@@H](O)[C@H](O)CO)[C@H](O)[C@@H](O)[C@@H]1O. The van der Waals surface area contributed by atoms with Gasteiger partial charge >= 0.3 is 5.97 Å². The van der Waals surface area contributed by atoms with E-state index in [1.807, 2.05) is 0 Å². The van der Waals surface area contributed by atoms with Crippen molar-refractivity contribution in [3.8, 4) is 0 Å².